The fourth-order valence-corrected chi connectivity index (χ4v) is 2.54. The molecule has 5 heteroatoms. The Morgan fingerprint density at radius 1 is 1.32 bits per heavy atom. The van der Waals surface area contributed by atoms with Gasteiger partial charge in [0.25, 0.3) is 0 Å². The van der Waals surface area contributed by atoms with Crippen LogP contribution in [-0.2, 0) is 0 Å². The Labute approximate surface area is 120 Å². The second-order valence-corrected chi connectivity index (χ2v) is 6.45. The minimum atomic E-state index is 0.117. The molecule has 0 saturated heterocycles. The van der Waals surface area contributed by atoms with Gasteiger partial charge in [-0.1, -0.05) is 18.7 Å². The molecule has 0 radical (unpaired) electrons. The molecule has 1 heterocycles. The summed E-state index contributed by atoms with van der Waals surface area (Å²) in [5, 5.41) is 7.72. The van der Waals surface area contributed by atoms with Gasteiger partial charge >= 0.3 is 0 Å². The molecule has 19 heavy (non-hydrogen) atoms. The molecule has 0 atom stereocenters. The predicted octanol–water partition coefficient (Wildman–Crippen LogP) is 3.62. The first-order valence-electron chi connectivity index (χ1n) is 7.00. The van der Waals surface area contributed by atoms with Crippen molar-refractivity contribution in [2.24, 2.45) is 5.92 Å². The molecule has 0 spiro atoms. The van der Waals surface area contributed by atoms with Crippen molar-refractivity contribution in [3.8, 4) is 0 Å². The van der Waals surface area contributed by atoms with Crippen LogP contribution in [0.1, 0.15) is 40.0 Å². The Hall–Kier alpha value is -0.970. The molecule has 1 aliphatic carbocycles. The standard InChI is InChI=1S/C14H24N4S/c1-5-8-15-11-9-12(17-13(16-11)19-4)18-14(2,3)10-6-7-10/h9-10H,5-8H2,1-4H3,(H2,15,16,17,18). The van der Waals surface area contributed by atoms with Crippen LogP contribution in [0.2, 0.25) is 0 Å². The molecule has 0 aromatic carbocycles. The lowest BCUT2D eigenvalue weighted by Crippen LogP contribution is -2.33. The fraction of sp³-hybridized carbons (Fsp3) is 0.714. The van der Waals surface area contributed by atoms with Crippen LogP contribution in [0.25, 0.3) is 0 Å². The topological polar surface area (TPSA) is 49.8 Å². The van der Waals surface area contributed by atoms with Crippen LogP contribution < -0.4 is 10.6 Å². The van der Waals surface area contributed by atoms with Crippen LogP contribution in [0.3, 0.4) is 0 Å². The lowest BCUT2D eigenvalue weighted by Gasteiger charge is -2.27. The molecule has 106 valence electrons. The quantitative estimate of drug-likeness (QED) is 0.590. The van der Waals surface area contributed by atoms with Crippen LogP contribution >= 0.6 is 11.8 Å². The molecule has 2 rings (SSSR count). The summed E-state index contributed by atoms with van der Waals surface area (Å²) in [4.78, 5) is 9.04. The highest BCUT2D eigenvalue weighted by molar-refractivity contribution is 7.98. The first-order valence-corrected chi connectivity index (χ1v) is 8.22. The predicted molar refractivity (Wildman–Crippen MR) is 83.0 cm³/mol. The minimum Gasteiger partial charge on any atom is -0.370 e. The van der Waals surface area contributed by atoms with Crippen LogP contribution in [0.5, 0.6) is 0 Å². The monoisotopic (exact) mass is 280 g/mol. The normalized spacial score (nSPS) is 15.4. The van der Waals surface area contributed by atoms with Gasteiger partial charge in [0.15, 0.2) is 5.16 Å². The SMILES string of the molecule is CCCNc1cc(NC(C)(C)C2CC2)nc(SC)n1. The van der Waals surface area contributed by atoms with Crippen molar-refractivity contribution in [3.05, 3.63) is 6.07 Å². The van der Waals surface area contributed by atoms with Gasteiger partial charge in [-0.3, -0.25) is 0 Å². The second-order valence-electron chi connectivity index (χ2n) is 5.67. The lowest BCUT2D eigenvalue weighted by molar-refractivity contribution is 0.492. The number of anilines is 2. The van der Waals surface area contributed by atoms with Gasteiger partial charge in [-0.25, -0.2) is 9.97 Å². The van der Waals surface area contributed by atoms with Gasteiger partial charge in [-0.15, -0.1) is 0 Å². The van der Waals surface area contributed by atoms with Crippen molar-refractivity contribution < 1.29 is 0 Å². The third-order valence-electron chi connectivity index (χ3n) is 3.49. The van der Waals surface area contributed by atoms with Gasteiger partial charge < -0.3 is 10.6 Å². The number of hydrogen-bond donors (Lipinski definition) is 2. The van der Waals surface area contributed by atoms with Gasteiger partial charge in [-0.05, 0) is 45.3 Å². The molecule has 1 aliphatic rings. The molecule has 1 aromatic rings. The Morgan fingerprint density at radius 3 is 2.58 bits per heavy atom. The summed E-state index contributed by atoms with van der Waals surface area (Å²) in [6.07, 6.45) is 5.74. The Morgan fingerprint density at radius 2 is 2.00 bits per heavy atom. The van der Waals surface area contributed by atoms with E-state index in [0.717, 1.165) is 35.7 Å². The minimum absolute atomic E-state index is 0.117. The molecule has 4 nitrogen and oxygen atoms in total. The van der Waals surface area contributed by atoms with Crippen molar-refractivity contribution >= 4 is 23.4 Å². The molecule has 1 fully saturated rings. The van der Waals surface area contributed by atoms with E-state index in [0.29, 0.717) is 0 Å². The smallest absolute Gasteiger partial charge is 0.191 e. The highest BCUT2D eigenvalue weighted by Gasteiger charge is 2.37. The Balaban J connectivity index is 2.13. The van der Waals surface area contributed by atoms with E-state index in [-0.39, 0.29) is 5.54 Å². The molecule has 2 N–H and O–H groups in total. The maximum Gasteiger partial charge on any atom is 0.191 e. The fourth-order valence-electron chi connectivity index (χ4n) is 2.16. The maximum absolute atomic E-state index is 4.56. The van der Waals surface area contributed by atoms with E-state index in [2.05, 4.69) is 41.4 Å². The molecular weight excluding hydrogens is 256 g/mol. The maximum atomic E-state index is 4.56. The zero-order valence-electron chi connectivity index (χ0n) is 12.3. The van der Waals surface area contributed by atoms with E-state index in [9.17, 15) is 0 Å². The number of hydrogen-bond acceptors (Lipinski definition) is 5. The molecule has 1 saturated carbocycles. The van der Waals surface area contributed by atoms with Crippen molar-refractivity contribution in [1.29, 1.82) is 0 Å². The molecule has 1 aromatic heterocycles. The van der Waals surface area contributed by atoms with Gasteiger partial charge in [-0.2, -0.15) is 0 Å². The lowest BCUT2D eigenvalue weighted by atomic mass is 9.99. The molecule has 0 amide bonds. The van der Waals surface area contributed by atoms with E-state index < -0.39 is 0 Å². The summed E-state index contributed by atoms with van der Waals surface area (Å²) in [7, 11) is 0. The zero-order valence-corrected chi connectivity index (χ0v) is 13.1. The largest absolute Gasteiger partial charge is 0.370 e. The van der Waals surface area contributed by atoms with Crippen LogP contribution in [0, 0.1) is 5.92 Å². The summed E-state index contributed by atoms with van der Waals surface area (Å²) in [5.41, 5.74) is 0.117. The van der Waals surface area contributed by atoms with E-state index in [1.165, 1.54) is 12.8 Å². The van der Waals surface area contributed by atoms with Crippen molar-refractivity contribution in [3.63, 3.8) is 0 Å². The van der Waals surface area contributed by atoms with E-state index in [1.54, 1.807) is 11.8 Å². The third kappa shape index (κ3) is 4.00. The van der Waals surface area contributed by atoms with E-state index in [4.69, 9.17) is 0 Å². The summed E-state index contributed by atoms with van der Waals surface area (Å²) in [6, 6.07) is 2.01. The first-order chi connectivity index (χ1) is 9.05. The van der Waals surface area contributed by atoms with Gasteiger partial charge in [0.05, 0.1) is 0 Å². The molecule has 0 bridgehead atoms. The van der Waals surface area contributed by atoms with E-state index in [1.807, 2.05) is 12.3 Å². The number of rotatable bonds is 7. The second kappa shape index (κ2) is 5.99. The Bertz CT molecular complexity index is 429. The van der Waals surface area contributed by atoms with Crippen molar-refractivity contribution in [2.45, 2.75) is 50.7 Å². The van der Waals surface area contributed by atoms with Crippen molar-refractivity contribution in [1.82, 2.24) is 9.97 Å². The number of aromatic nitrogens is 2. The van der Waals surface area contributed by atoms with Gasteiger partial charge in [0.1, 0.15) is 11.6 Å². The molecular formula is C14H24N4S. The summed E-state index contributed by atoms with van der Waals surface area (Å²) >= 11 is 1.58. The van der Waals surface area contributed by atoms with E-state index >= 15 is 0 Å². The Kier molecular flexibility index (Phi) is 4.55. The molecule has 0 unspecified atom stereocenters. The van der Waals surface area contributed by atoms with Crippen LogP contribution in [0.4, 0.5) is 11.6 Å². The summed E-state index contributed by atoms with van der Waals surface area (Å²) in [6.45, 7) is 7.60. The third-order valence-corrected chi connectivity index (χ3v) is 4.04. The molecule has 0 aliphatic heterocycles. The van der Waals surface area contributed by atoms with Crippen LogP contribution in [0.15, 0.2) is 11.2 Å². The van der Waals surface area contributed by atoms with Crippen LogP contribution in [-0.4, -0.2) is 28.3 Å². The van der Waals surface area contributed by atoms with Crippen molar-refractivity contribution in [2.75, 3.05) is 23.4 Å². The highest BCUT2D eigenvalue weighted by Crippen LogP contribution is 2.41. The summed E-state index contributed by atoms with van der Waals surface area (Å²) < 4.78 is 0. The average Bonchev–Trinajstić information content (AvgIpc) is 3.20. The average molecular weight is 280 g/mol. The number of nitrogens with one attached hydrogen (secondary N) is 2. The zero-order chi connectivity index (χ0) is 13.9. The number of nitrogens with zero attached hydrogens (tertiary/aromatic N) is 2. The van der Waals surface area contributed by atoms with Gasteiger partial charge in [0, 0.05) is 18.2 Å². The van der Waals surface area contributed by atoms with Gasteiger partial charge in [0.2, 0.25) is 0 Å². The summed E-state index contributed by atoms with van der Waals surface area (Å²) in [5.74, 6) is 2.61. The number of thioether (sulfide) groups is 1. The first kappa shape index (κ1) is 14.4. The highest BCUT2D eigenvalue weighted by atomic mass is 32.2.